The standard InChI is InChI=1S/C14H19NO2/c1-13(2)12(14(13,3)4)15-11(17)9-6-5-7-10(16)8-9/h5-8,12,16H,1-4H3,(H,15,17). The van der Waals surface area contributed by atoms with E-state index < -0.39 is 0 Å². The molecule has 0 spiro atoms. The van der Waals surface area contributed by atoms with E-state index in [1.165, 1.54) is 6.07 Å². The van der Waals surface area contributed by atoms with Crippen molar-refractivity contribution in [2.45, 2.75) is 33.7 Å². The fourth-order valence-corrected chi connectivity index (χ4v) is 2.42. The first-order valence-corrected chi connectivity index (χ1v) is 5.87. The molecule has 2 rings (SSSR count). The Morgan fingerprint density at radius 1 is 1.24 bits per heavy atom. The number of carbonyl (C=O) groups is 1. The number of hydrogen-bond acceptors (Lipinski definition) is 2. The molecule has 0 atom stereocenters. The summed E-state index contributed by atoms with van der Waals surface area (Å²) in [6, 6.07) is 6.61. The molecule has 2 N–H and O–H groups in total. The Bertz CT molecular complexity index is 449. The highest BCUT2D eigenvalue weighted by molar-refractivity contribution is 5.95. The lowest BCUT2D eigenvalue weighted by molar-refractivity contribution is 0.0943. The first-order chi connectivity index (χ1) is 7.76. The molecule has 1 fully saturated rings. The molecular formula is C14H19NO2. The summed E-state index contributed by atoms with van der Waals surface area (Å²) in [5.74, 6) is -0.00322. The number of aromatic hydroxyl groups is 1. The van der Waals surface area contributed by atoms with Gasteiger partial charge in [0.2, 0.25) is 0 Å². The summed E-state index contributed by atoms with van der Waals surface area (Å²) in [5.41, 5.74) is 0.752. The van der Waals surface area contributed by atoms with Crippen LogP contribution >= 0.6 is 0 Å². The second kappa shape index (κ2) is 3.49. The quantitative estimate of drug-likeness (QED) is 0.824. The maximum atomic E-state index is 12.0. The van der Waals surface area contributed by atoms with Gasteiger partial charge in [-0.25, -0.2) is 0 Å². The summed E-state index contributed by atoms with van der Waals surface area (Å²) in [6.07, 6.45) is 0. The van der Waals surface area contributed by atoms with E-state index in [4.69, 9.17) is 0 Å². The Balaban J connectivity index is 2.10. The van der Waals surface area contributed by atoms with Gasteiger partial charge in [-0.1, -0.05) is 33.8 Å². The van der Waals surface area contributed by atoms with Gasteiger partial charge in [-0.3, -0.25) is 4.79 Å². The van der Waals surface area contributed by atoms with Gasteiger partial charge in [0.25, 0.3) is 5.91 Å². The number of phenols is 1. The van der Waals surface area contributed by atoms with Gasteiger partial charge >= 0.3 is 0 Å². The summed E-state index contributed by atoms with van der Waals surface area (Å²) in [6.45, 7) is 8.61. The van der Waals surface area contributed by atoms with Crippen molar-refractivity contribution in [3.8, 4) is 5.75 Å². The Kier molecular flexibility index (Phi) is 2.45. The van der Waals surface area contributed by atoms with E-state index in [1.807, 2.05) is 0 Å². The number of benzene rings is 1. The van der Waals surface area contributed by atoms with Crippen LogP contribution in [-0.2, 0) is 0 Å². The highest BCUT2D eigenvalue weighted by Crippen LogP contribution is 2.62. The topological polar surface area (TPSA) is 49.3 Å². The molecule has 0 unspecified atom stereocenters. The molecule has 0 aliphatic heterocycles. The summed E-state index contributed by atoms with van der Waals surface area (Å²) in [5, 5.41) is 12.4. The second-order valence-corrected chi connectivity index (χ2v) is 5.90. The van der Waals surface area contributed by atoms with Crippen LogP contribution in [-0.4, -0.2) is 17.1 Å². The van der Waals surface area contributed by atoms with Crippen molar-refractivity contribution in [1.29, 1.82) is 0 Å². The van der Waals surface area contributed by atoms with E-state index in [0.29, 0.717) is 5.56 Å². The van der Waals surface area contributed by atoms with Gasteiger partial charge in [0.15, 0.2) is 0 Å². The van der Waals surface area contributed by atoms with Crippen molar-refractivity contribution in [2.24, 2.45) is 10.8 Å². The van der Waals surface area contributed by atoms with Crippen molar-refractivity contribution >= 4 is 5.91 Å². The van der Waals surface area contributed by atoms with E-state index in [2.05, 4.69) is 33.0 Å². The van der Waals surface area contributed by atoms with E-state index in [-0.39, 0.29) is 28.5 Å². The third-order valence-electron chi connectivity index (χ3n) is 4.40. The molecule has 0 saturated heterocycles. The van der Waals surface area contributed by atoms with Crippen molar-refractivity contribution in [1.82, 2.24) is 5.32 Å². The number of nitrogens with one attached hydrogen (secondary N) is 1. The molecule has 1 aromatic carbocycles. The average molecular weight is 233 g/mol. The molecule has 1 saturated carbocycles. The van der Waals surface area contributed by atoms with E-state index >= 15 is 0 Å². The average Bonchev–Trinajstić information content (AvgIpc) is 2.61. The van der Waals surface area contributed by atoms with Crippen LogP contribution in [0.4, 0.5) is 0 Å². The minimum atomic E-state index is -0.121. The van der Waals surface area contributed by atoms with Gasteiger partial charge < -0.3 is 10.4 Å². The van der Waals surface area contributed by atoms with Crippen LogP contribution in [0, 0.1) is 10.8 Å². The zero-order valence-electron chi connectivity index (χ0n) is 10.7. The van der Waals surface area contributed by atoms with Crippen molar-refractivity contribution in [3.05, 3.63) is 29.8 Å². The maximum Gasteiger partial charge on any atom is 0.251 e. The Morgan fingerprint density at radius 3 is 2.29 bits per heavy atom. The predicted molar refractivity (Wildman–Crippen MR) is 66.9 cm³/mol. The number of hydrogen-bond donors (Lipinski definition) is 2. The van der Waals surface area contributed by atoms with Gasteiger partial charge in [-0.05, 0) is 29.0 Å². The van der Waals surface area contributed by atoms with Gasteiger partial charge in [-0.2, -0.15) is 0 Å². The Hall–Kier alpha value is -1.51. The van der Waals surface area contributed by atoms with Crippen LogP contribution in [0.1, 0.15) is 38.1 Å². The molecule has 0 aromatic heterocycles. The van der Waals surface area contributed by atoms with E-state index in [9.17, 15) is 9.90 Å². The summed E-state index contributed by atoms with van der Waals surface area (Å²) in [4.78, 5) is 12.0. The Labute approximate surface area is 102 Å². The van der Waals surface area contributed by atoms with Gasteiger partial charge in [0.1, 0.15) is 5.75 Å². The third-order valence-corrected chi connectivity index (χ3v) is 4.40. The fourth-order valence-electron chi connectivity index (χ4n) is 2.42. The van der Waals surface area contributed by atoms with Gasteiger partial charge in [0.05, 0.1) is 0 Å². The lowest BCUT2D eigenvalue weighted by Crippen LogP contribution is -2.29. The molecule has 17 heavy (non-hydrogen) atoms. The molecule has 1 amide bonds. The smallest absolute Gasteiger partial charge is 0.251 e. The minimum Gasteiger partial charge on any atom is -0.508 e. The highest BCUT2D eigenvalue weighted by Gasteiger charge is 2.65. The number of carbonyl (C=O) groups excluding carboxylic acids is 1. The summed E-state index contributed by atoms with van der Waals surface area (Å²) in [7, 11) is 0. The van der Waals surface area contributed by atoms with Crippen molar-refractivity contribution in [2.75, 3.05) is 0 Å². The van der Waals surface area contributed by atoms with E-state index in [1.54, 1.807) is 18.2 Å². The number of amides is 1. The normalized spacial score (nSPS) is 20.9. The minimum absolute atomic E-state index is 0.118. The molecule has 1 aliphatic carbocycles. The molecule has 3 nitrogen and oxygen atoms in total. The monoisotopic (exact) mass is 233 g/mol. The van der Waals surface area contributed by atoms with Crippen LogP contribution < -0.4 is 5.32 Å². The highest BCUT2D eigenvalue weighted by atomic mass is 16.3. The molecule has 3 heteroatoms. The first kappa shape index (κ1) is 12.0. The summed E-state index contributed by atoms with van der Waals surface area (Å²) >= 11 is 0. The summed E-state index contributed by atoms with van der Waals surface area (Å²) < 4.78 is 0. The van der Waals surface area contributed by atoms with Gasteiger partial charge in [-0.15, -0.1) is 0 Å². The van der Waals surface area contributed by atoms with Crippen molar-refractivity contribution in [3.63, 3.8) is 0 Å². The van der Waals surface area contributed by atoms with Crippen LogP contribution in [0.25, 0.3) is 0 Å². The lowest BCUT2D eigenvalue weighted by Gasteiger charge is -2.07. The van der Waals surface area contributed by atoms with Crippen LogP contribution in [0.3, 0.4) is 0 Å². The molecule has 0 bridgehead atoms. The first-order valence-electron chi connectivity index (χ1n) is 5.87. The molecule has 1 aliphatic rings. The predicted octanol–water partition coefficient (Wildman–Crippen LogP) is 2.56. The van der Waals surface area contributed by atoms with E-state index in [0.717, 1.165) is 0 Å². The van der Waals surface area contributed by atoms with Crippen LogP contribution in [0.5, 0.6) is 5.75 Å². The second-order valence-electron chi connectivity index (χ2n) is 5.90. The molecule has 92 valence electrons. The fraction of sp³-hybridized carbons (Fsp3) is 0.500. The van der Waals surface area contributed by atoms with Crippen molar-refractivity contribution < 1.29 is 9.90 Å². The zero-order chi connectivity index (χ0) is 12.8. The Morgan fingerprint density at radius 2 is 1.82 bits per heavy atom. The lowest BCUT2D eigenvalue weighted by atomic mass is 10.0. The molecular weight excluding hydrogens is 214 g/mol. The molecule has 0 radical (unpaired) electrons. The molecule has 1 aromatic rings. The number of rotatable bonds is 2. The number of phenolic OH excluding ortho intramolecular Hbond substituents is 1. The van der Waals surface area contributed by atoms with Gasteiger partial charge in [0, 0.05) is 11.6 Å². The SMILES string of the molecule is CC1(C)C(NC(=O)c2cccc(O)c2)C1(C)C. The zero-order valence-corrected chi connectivity index (χ0v) is 10.7. The maximum absolute atomic E-state index is 12.0. The van der Waals surface area contributed by atoms with Crippen LogP contribution in [0.2, 0.25) is 0 Å². The largest absolute Gasteiger partial charge is 0.508 e. The van der Waals surface area contributed by atoms with Crippen LogP contribution in [0.15, 0.2) is 24.3 Å². The third kappa shape index (κ3) is 1.79. The molecule has 0 heterocycles.